The summed E-state index contributed by atoms with van der Waals surface area (Å²) in [5, 5.41) is 2.90. The van der Waals surface area contributed by atoms with Crippen LogP contribution >= 0.6 is 0 Å². The van der Waals surface area contributed by atoms with E-state index >= 15 is 0 Å². The van der Waals surface area contributed by atoms with Crippen molar-refractivity contribution in [3.63, 3.8) is 0 Å². The number of carbonyl (C=O) groups excluding carboxylic acids is 2. The number of amides is 2. The summed E-state index contributed by atoms with van der Waals surface area (Å²) in [5.41, 5.74) is 0.941. The minimum atomic E-state index is -0.267. The molecule has 0 bridgehead atoms. The molecule has 2 N–H and O–H groups in total. The van der Waals surface area contributed by atoms with Crippen molar-refractivity contribution in [2.24, 2.45) is 0 Å². The molecule has 2 amide bonds. The molecule has 1 atom stereocenters. The summed E-state index contributed by atoms with van der Waals surface area (Å²) in [4.78, 5) is 28.2. The Morgan fingerprint density at radius 1 is 1.14 bits per heavy atom. The summed E-state index contributed by atoms with van der Waals surface area (Å²) in [6.07, 6.45) is 5.53. The predicted molar refractivity (Wildman–Crippen MR) is 108 cm³/mol. The van der Waals surface area contributed by atoms with Crippen LogP contribution < -0.4 is 10.2 Å². The largest absolute Gasteiger partial charge is 0.349 e. The average Bonchev–Trinajstić information content (AvgIpc) is 2.66. The third kappa shape index (κ3) is 7.23. The van der Waals surface area contributed by atoms with Crippen LogP contribution in [0.4, 0.5) is 4.39 Å². The molecule has 5 nitrogen and oxygen atoms in total. The maximum atomic E-state index is 13.2. The second-order valence-electron chi connectivity index (χ2n) is 8.12. The van der Waals surface area contributed by atoms with Crippen LogP contribution in [0.2, 0.25) is 0 Å². The first-order chi connectivity index (χ1) is 13.4. The standard InChI is InChI=1S/C22H34FN3O2/c1-4-25(15-21(27)24-17(2)3)16-22(28)26(20-8-6-5-7-9-20)14-18-10-12-19(23)13-11-18/h10-13,17,20H,4-9,14-16H2,1-3H3,(H,24,27)/p+1. The topological polar surface area (TPSA) is 53.9 Å². The normalized spacial score (nSPS) is 16.0. The zero-order valence-electron chi connectivity index (χ0n) is 17.5. The van der Waals surface area contributed by atoms with E-state index in [2.05, 4.69) is 5.32 Å². The van der Waals surface area contributed by atoms with E-state index < -0.39 is 0 Å². The highest BCUT2D eigenvalue weighted by Gasteiger charge is 2.28. The van der Waals surface area contributed by atoms with Crippen LogP contribution in [0.25, 0.3) is 0 Å². The second-order valence-corrected chi connectivity index (χ2v) is 8.12. The van der Waals surface area contributed by atoms with Crippen LogP contribution in [0.15, 0.2) is 24.3 Å². The monoisotopic (exact) mass is 392 g/mol. The number of rotatable bonds is 9. The van der Waals surface area contributed by atoms with Gasteiger partial charge in [-0.25, -0.2) is 4.39 Å². The van der Waals surface area contributed by atoms with Gasteiger partial charge in [0.05, 0.1) is 6.54 Å². The summed E-state index contributed by atoms with van der Waals surface area (Å²) in [6.45, 7) is 7.68. The first-order valence-corrected chi connectivity index (χ1v) is 10.6. The van der Waals surface area contributed by atoms with Crippen LogP contribution in [0.5, 0.6) is 0 Å². The molecule has 0 heterocycles. The average molecular weight is 393 g/mol. The lowest BCUT2D eigenvalue weighted by molar-refractivity contribution is -0.882. The maximum Gasteiger partial charge on any atom is 0.278 e. The van der Waals surface area contributed by atoms with E-state index in [-0.39, 0.29) is 29.7 Å². The molecule has 6 heteroatoms. The number of benzene rings is 1. The van der Waals surface area contributed by atoms with Crippen LogP contribution in [0.1, 0.15) is 58.4 Å². The molecular weight excluding hydrogens is 357 g/mol. The highest BCUT2D eigenvalue weighted by atomic mass is 19.1. The van der Waals surface area contributed by atoms with Crippen LogP contribution in [0.3, 0.4) is 0 Å². The predicted octanol–water partition coefficient (Wildman–Crippen LogP) is 1.92. The molecule has 1 unspecified atom stereocenters. The van der Waals surface area contributed by atoms with Gasteiger partial charge in [-0.05, 0) is 51.3 Å². The van der Waals surface area contributed by atoms with Crippen molar-refractivity contribution in [3.8, 4) is 0 Å². The molecule has 1 aliphatic rings. The van der Waals surface area contributed by atoms with Gasteiger partial charge in [-0.1, -0.05) is 31.4 Å². The van der Waals surface area contributed by atoms with E-state index in [9.17, 15) is 14.0 Å². The van der Waals surface area contributed by atoms with Gasteiger partial charge in [0.2, 0.25) is 0 Å². The highest BCUT2D eigenvalue weighted by Crippen LogP contribution is 2.24. The maximum absolute atomic E-state index is 13.2. The van der Waals surface area contributed by atoms with Crippen molar-refractivity contribution in [1.82, 2.24) is 10.2 Å². The molecule has 1 fully saturated rings. The summed E-state index contributed by atoms with van der Waals surface area (Å²) in [5.74, 6) is -0.218. The summed E-state index contributed by atoms with van der Waals surface area (Å²) in [6, 6.07) is 6.71. The molecule has 0 radical (unpaired) electrons. The van der Waals surface area contributed by atoms with Crippen molar-refractivity contribution >= 4 is 11.8 Å². The Morgan fingerprint density at radius 2 is 1.79 bits per heavy atom. The number of hydrogen-bond acceptors (Lipinski definition) is 2. The van der Waals surface area contributed by atoms with E-state index in [4.69, 9.17) is 0 Å². The molecule has 0 aliphatic heterocycles. The summed E-state index contributed by atoms with van der Waals surface area (Å²) < 4.78 is 13.2. The molecule has 1 aromatic carbocycles. The number of nitrogens with zero attached hydrogens (tertiary/aromatic N) is 1. The first kappa shape index (κ1) is 22.3. The molecule has 0 aromatic heterocycles. The lowest BCUT2D eigenvalue weighted by atomic mass is 9.93. The number of quaternary nitrogens is 1. The lowest BCUT2D eigenvalue weighted by Gasteiger charge is -2.35. The minimum absolute atomic E-state index is 0.0256. The Hall–Kier alpha value is -1.95. The van der Waals surface area contributed by atoms with Gasteiger partial charge in [-0.3, -0.25) is 9.59 Å². The van der Waals surface area contributed by atoms with Gasteiger partial charge in [-0.15, -0.1) is 0 Å². The van der Waals surface area contributed by atoms with Gasteiger partial charge in [0, 0.05) is 18.6 Å². The number of nitrogens with one attached hydrogen (secondary N) is 2. The fourth-order valence-electron chi connectivity index (χ4n) is 3.83. The van der Waals surface area contributed by atoms with Crippen molar-refractivity contribution < 1.29 is 18.9 Å². The Balaban J connectivity index is 2.06. The zero-order chi connectivity index (χ0) is 20.5. The van der Waals surface area contributed by atoms with Crippen molar-refractivity contribution in [1.29, 1.82) is 0 Å². The molecule has 156 valence electrons. The van der Waals surface area contributed by atoms with E-state index in [1.165, 1.54) is 18.6 Å². The third-order valence-corrected chi connectivity index (χ3v) is 5.36. The number of halogens is 1. The summed E-state index contributed by atoms with van der Waals surface area (Å²) in [7, 11) is 0. The lowest BCUT2D eigenvalue weighted by Crippen LogP contribution is -3.14. The van der Waals surface area contributed by atoms with Gasteiger partial charge in [0.1, 0.15) is 5.82 Å². The Labute approximate surface area is 168 Å². The third-order valence-electron chi connectivity index (χ3n) is 5.36. The fourth-order valence-corrected chi connectivity index (χ4v) is 3.83. The SMILES string of the molecule is CC[NH+](CC(=O)NC(C)C)CC(=O)N(Cc1ccc(F)cc1)C1CCCCC1. The Bertz CT molecular complexity index is 627. The zero-order valence-corrected chi connectivity index (χ0v) is 17.5. The van der Waals surface area contributed by atoms with E-state index in [0.29, 0.717) is 26.2 Å². The van der Waals surface area contributed by atoms with Crippen molar-refractivity contribution in [3.05, 3.63) is 35.6 Å². The van der Waals surface area contributed by atoms with E-state index in [0.717, 1.165) is 36.1 Å². The number of hydrogen-bond donors (Lipinski definition) is 2. The van der Waals surface area contributed by atoms with Crippen LogP contribution in [-0.4, -0.2) is 48.4 Å². The molecule has 2 rings (SSSR count). The van der Waals surface area contributed by atoms with Crippen LogP contribution in [-0.2, 0) is 16.1 Å². The van der Waals surface area contributed by atoms with E-state index in [1.807, 2.05) is 25.7 Å². The van der Waals surface area contributed by atoms with Gasteiger partial charge in [0.25, 0.3) is 11.8 Å². The molecule has 0 spiro atoms. The number of likely N-dealkylation sites (N-methyl/N-ethyl adjacent to an activating group) is 1. The molecule has 28 heavy (non-hydrogen) atoms. The molecule has 0 saturated heterocycles. The molecule has 1 aromatic rings. The van der Waals surface area contributed by atoms with Crippen molar-refractivity contribution in [2.45, 2.75) is 71.5 Å². The minimum Gasteiger partial charge on any atom is -0.349 e. The van der Waals surface area contributed by atoms with Gasteiger partial charge >= 0.3 is 0 Å². The molecule has 1 aliphatic carbocycles. The Kier molecular flexibility index (Phi) is 8.90. The molecule has 1 saturated carbocycles. The van der Waals surface area contributed by atoms with Gasteiger partial charge in [-0.2, -0.15) is 0 Å². The number of carbonyl (C=O) groups is 2. The fraction of sp³-hybridized carbons (Fsp3) is 0.636. The quantitative estimate of drug-likeness (QED) is 0.675. The smallest absolute Gasteiger partial charge is 0.278 e. The van der Waals surface area contributed by atoms with Gasteiger partial charge < -0.3 is 15.1 Å². The van der Waals surface area contributed by atoms with Crippen molar-refractivity contribution in [2.75, 3.05) is 19.6 Å². The Morgan fingerprint density at radius 3 is 2.36 bits per heavy atom. The van der Waals surface area contributed by atoms with Crippen LogP contribution in [0, 0.1) is 5.82 Å². The first-order valence-electron chi connectivity index (χ1n) is 10.6. The van der Waals surface area contributed by atoms with Gasteiger partial charge in [0.15, 0.2) is 13.1 Å². The summed E-state index contributed by atoms with van der Waals surface area (Å²) >= 11 is 0. The second kappa shape index (κ2) is 11.1. The highest BCUT2D eigenvalue weighted by molar-refractivity contribution is 5.79. The van der Waals surface area contributed by atoms with E-state index in [1.54, 1.807) is 12.1 Å². The molecular formula is C22H35FN3O2+.